The van der Waals surface area contributed by atoms with Crippen LogP contribution in [0.2, 0.25) is 0 Å². The van der Waals surface area contributed by atoms with Crippen LogP contribution in [0.4, 0.5) is 0 Å². The molecule has 2 aromatic rings. The standard InChI is InChI=1S/C11H9BrN2O3/c12-8-4-2-1-3-7(8)5-9-13-14-10(17-9)6-11(15)16/h1-4H,5-6H2,(H,15,16). The summed E-state index contributed by atoms with van der Waals surface area (Å²) in [5, 5.41) is 16.0. The van der Waals surface area contributed by atoms with Gasteiger partial charge < -0.3 is 9.52 Å². The van der Waals surface area contributed by atoms with E-state index >= 15 is 0 Å². The number of hydrogen-bond donors (Lipinski definition) is 1. The average molecular weight is 297 g/mol. The second-order valence-corrected chi connectivity index (χ2v) is 4.28. The fraction of sp³-hybridized carbons (Fsp3) is 0.182. The summed E-state index contributed by atoms with van der Waals surface area (Å²) in [6, 6.07) is 7.68. The Hall–Kier alpha value is -1.69. The van der Waals surface area contributed by atoms with Gasteiger partial charge in [-0.1, -0.05) is 34.1 Å². The summed E-state index contributed by atoms with van der Waals surface area (Å²) in [5.41, 5.74) is 1.01. The largest absolute Gasteiger partial charge is 0.481 e. The maximum Gasteiger partial charge on any atom is 0.312 e. The van der Waals surface area contributed by atoms with Crippen molar-refractivity contribution < 1.29 is 14.3 Å². The molecule has 0 aliphatic carbocycles. The molecule has 2 rings (SSSR count). The van der Waals surface area contributed by atoms with E-state index in [0.717, 1.165) is 10.0 Å². The Morgan fingerprint density at radius 2 is 2.00 bits per heavy atom. The zero-order valence-corrected chi connectivity index (χ0v) is 10.3. The van der Waals surface area contributed by atoms with Crippen LogP contribution in [0.1, 0.15) is 17.3 Å². The van der Waals surface area contributed by atoms with Crippen molar-refractivity contribution in [1.29, 1.82) is 0 Å². The molecule has 0 atom stereocenters. The molecule has 0 amide bonds. The van der Waals surface area contributed by atoms with Crippen LogP contribution in [0, 0.1) is 0 Å². The van der Waals surface area contributed by atoms with Gasteiger partial charge in [0.2, 0.25) is 11.8 Å². The highest BCUT2D eigenvalue weighted by molar-refractivity contribution is 9.10. The number of aliphatic carboxylic acids is 1. The lowest BCUT2D eigenvalue weighted by Crippen LogP contribution is -1.99. The molecule has 0 radical (unpaired) electrons. The van der Waals surface area contributed by atoms with Gasteiger partial charge in [-0.05, 0) is 11.6 Å². The maximum absolute atomic E-state index is 10.5. The molecular weight excluding hydrogens is 288 g/mol. The van der Waals surface area contributed by atoms with E-state index in [-0.39, 0.29) is 12.3 Å². The number of carboxylic acid groups (broad SMARTS) is 1. The fourth-order valence-corrected chi connectivity index (χ4v) is 1.79. The highest BCUT2D eigenvalue weighted by Gasteiger charge is 2.11. The lowest BCUT2D eigenvalue weighted by atomic mass is 10.1. The lowest BCUT2D eigenvalue weighted by Gasteiger charge is -1.99. The van der Waals surface area contributed by atoms with E-state index in [9.17, 15) is 4.79 Å². The third-order valence-corrected chi connectivity index (χ3v) is 2.88. The first-order valence-electron chi connectivity index (χ1n) is 4.91. The van der Waals surface area contributed by atoms with Gasteiger partial charge in [0.05, 0.1) is 6.42 Å². The zero-order valence-electron chi connectivity index (χ0n) is 8.76. The normalized spacial score (nSPS) is 10.4. The number of halogens is 1. The van der Waals surface area contributed by atoms with Crippen molar-refractivity contribution in [3.63, 3.8) is 0 Å². The number of benzene rings is 1. The summed E-state index contributed by atoms with van der Waals surface area (Å²) < 4.78 is 6.19. The van der Waals surface area contributed by atoms with Crippen LogP contribution in [0.3, 0.4) is 0 Å². The first-order valence-corrected chi connectivity index (χ1v) is 5.71. The monoisotopic (exact) mass is 296 g/mol. The Labute approximate surface area is 106 Å². The van der Waals surface area contributed by atoms with Crippen molar-refractivity contribution in [2.75, 3.05) is 0 Å². The summed E-state index contributed by atoms with van der Waals surface area (Å²) in [6.07, 6.45) is 0.233. The predicted molar refractivity (Wildman–Crippen MR) is 62.6 cm³/mol. The van der Waals surface area contributed by atoms with Crippen molar-refractivity contribution in [3.8, 4) is 0 Å². The van der Waals surface area contributed by atoms with Crippen LogP contribution in [-0.4, -0.2) is 21.3 Å². The smallest absolute Gasteiger partial charge is 0.312 e. The van der Waals surface area contributed by atoms with Crippen molar-refractivity contribution >= 4 is 21.9 Å². The Morgan fingerprint density at radius 3 is 2.71 bits per heavy atom. The average Bonchev–Trinajstić information content (AvgIpc) is 2.68. The van der Waals surface area contributed by atoms with Crippen LogP contribution in [-0.2, 0) is 17.6 Å². The topological polar surface area (TPSA) is 76.2 Å². The number of nitrogens with zero attached hydrogens (tertiary/aromatic N) is 2. The van der Waals surface area contributed by atoms with Crippen LogP contribution in [0.5, 0.6) is 0 Å². The van der Waals surface area contributed by atoms with Gasteiger partial charge in [0.1, 0.15) is 6.42 Å². The van der Waals surface area contributed by atoms with E-state index < -0.39 is 5.97 Å². The number of hydrogen-bond acceptors (Lipinski definition) is 4. The summed E-state index contributed by atoms with van der Waals surface area (Å²) in [6.45, 7) is 0. The fourth-order valence-electron chi connectivity index (χ4n) is 1.37. The van der Waals surface area contributed by atoms with Gasteiger partial charge in [0, 0.05) is 4.47 Å². The maximum atomic E-state index is 10.5. The van der Waals surface area contributed by atoms with Crippen LogP contribution in [0.15, 0.2) is 33.2 Å². The molecule has 0 spiro atoms. The van der Waals surface area contributed by atoms with E-state index in [1.54, 1.807) is 0 Å². The molecule has 0 saturated carbocycles. The molecular formula is C11H9BrN2O3. The molecule has 1 N–H and O–H groups in total. The van der Waals surface area contributed by atoms with Gasteiger partial charge in [0.25, 0.3) is 0 Å². The van der Waals surface area contributed by atoms with Gasteiger partial charge in [-0.25, -0.2) is 0 Å². The predicted octanol–water partition coefficient (Wildman–Crippen LogP) is 2.05. The van der Waals surface area contributed by atoms with Crippen molar-refractivity contribution in [2.45, 2.75) is 12.8 Å². The molecule has 0 fully saturated rings. The molecule has 1 heterocycles. The Bertz CT molecular complexity index is 539. The number of carboxylic acids is 1. The van der Waals surface area contributed by atoms with Gasteiger partial charge in [0.15, 0.2) is 0 Å². The second-order valence-electron chi connectivity index (χ2n) is 3.43. The molecule has 88 valence electrons. The molecule has 6 heteroatoms. The summed E-state index contributed by atoms with van der Waals surface area (Å²) in [7, 11) is 0. The lowest BCUT2D eigenvalue weighted by molar-refractivity contribution is -0.136. The van der Waals surface area contributed by atoms with Gasteiger partial charge in [-0.15, -0.1) is 10.2 Å². The highest BCUT2D eigenvalue weighted by atomic mass is 79.9. The summed E-state index contributed by atoms with van der Waals surface area (Å²) in [5.74, 6) is -0.450. The van der Waals surface area contributed by atoms with Gasteiger partial charge in [-0.2, -0.15) is 0 Å². The van der Waals surface area contributed by atoms with Crippen LogP contribution in [0.25, 0.3) is 0 Å². The van der Waals surface area contributed by atoms with Crippen molar-refractivity contribution in [3.05, 3.63) is 46.1 Å². The molecule has 0 unspecified atom stereocenters. The van der Waals surface area contributed by atoms with E-state index in [0.29, 0.717) is 12.3 Å². The van der Waals surface area contributed by atoms with Crippen LogP contribution >= 0.6 is 15.9 Å². The molecule has 0 saturated heterocycles. The first-order chi connectivity index (χ1) is 8.15. The van der Waals surface area contributed by atoms with Gasteiger partial charge >= 0.3 is 5.97 Å². The number of carbonyl (C=O) groups is 1. The molecule has 0 aliphatic heterocycles. The van der Waals surface area contributed by atoms with Crippen molar-refractivity contribution in [1.82, 2.24) is 10.2 Å². The molecule has 17 heavy (non-hydrogen) atoms. The molecule has 0 bridgehead atoms. The number of aromatic nitrogens is 2. The Kier molecular flexibility index (Phi) is 3.53. The highest BCUT2D eigenvalue weighted by Crippen LogP contribution is 2.18. The first kappa shape index (κ1) is 11.8. The quantitative estimate of drug-likeness (QED) is 0.934. The van der Waals surface area contributed by atoms with E-state index in [1.807, 2.05) is 24.3 Å². The summed E-state index contributed by atoms with van der Waals surface area (Å²) >= 11 is 3.42. The summed E-state index contributed by atoms with van der Waals surface area (Å²) in [4.78, 5) is 10.5. The molecule has 1 aromatic heterocycles. The third-order valence-electron chi connectivity index (χ3n) is 2.11. The van der Waals surface area contributed by atoms with Crippen molar-refractivity contribution in [2.24, 2.45) is 0 Å². The molecule has 1 aromatic carbocycles. The minimum atomic E-state index is -0.985. The minimum Gasteiger partial charge on any atom is -0.481 e. The SMILES string of the molecule is O=C(O)Cc1nnc(Cc2ccccc2Br)o1. The van der Waals surface area contributed by atoms with Gasteiger partial charge in [-0.3, -0.25) is 4.79 Å². The second kappa shape index (κ2) is 5.09. The molecule has 0 aliphatic rings. The van der Waals surface area contributed by atoms with E-state index in [2.05, 4.69) is 26.1 Å². The van der Waals surface area contributed by atoms with E-state index in [1.165, 1.54) is 0 Å². The third kappa shape index (κ3) is 3.13. The Morgan fingerprint density at radius 1 is 1.29 bits per heavy atom. The zero-order chi connectivity index (χ0) is 12.3. The molecule has 5 nitrogen and oxygen atoms in total. The Balaban J connectivity index is 2.12. The minimum absolute atomic E-state index is 0.125. The number of rotatable bonds is 4. The van der Waals surface area contributed by atoms with E-state index in [4.69, 9.17) is 9.52 Å². The van der Waals surface area contributed by atoms with Crippen LogP contribution < -0.4 is 0 Å².